The van der Waals surface area contributed by atoms with E-state index < -0.39 is 0 Å². The Morgan fingerprint density at radius 3 is 2.57 bits per heavy atom. The minimum Gasteiger partial charge on any atom is -0.496 e. The first-order valence-corrected chi connectivity index (χ1v) is 9.79. The molecule has 164 valence electrons. The van der Waals surface area contributed by atoms with Crippen LogP contribution in [0.15, 0.2) is 47.5 Å². The molecule has 0 amide bonds. The summed E-state index contributed by atoms with van der Waals surface area (Å²) in [5.74, 6) is 3.09. The van der Waals surface area contributed by atoms with Crippen molar-refractivity contribution in [2.24, 2.45) is 4.99 Å². The van der Waals surface area contributed by atoms with Gasteiger partial charge < -0.3 is 29.7 Å². The molecule has 7 nitrogen and oxygen atoms in total. The van der Waals surface area contributed by atoms with E-state index in [1.165, 1.54) is 0 Å². The molecule has 0 saturated carbocycles. The summed E-state index contributed by atoms with van der Waals surface area (Å²) < 4.78 is 17.0. The average Bonchev–Trinajstić information content (AvgIpc) is 2.98. The number of likely N-dealkylation sites (N-methyl/N-ethyl adjacent to an activating group) is 1. The van der Waals surface area contributed by atoms with Crippen molar-refractivity contribution in [2.75, 3.05) is 53.3 Å². The summed E-state index contributed by atoms with van der Waals surface area (Å²) in [4.78, 5) is 6.51. The molecule has 0 aromatic heterocycles. The van der Waals surface area contributed by atoms with E-state index in [0.29, 0.717) is 25.7 Å². The van der Waals surface area contributed by atoms with E-state index >= 15 is 0 Å². The molecule has 2 aromatic carbocycles. The van der Waals surface area contributed by atoms with Crippen LogP contribution in [0.25, 0.3) is 0 Å². The van der Waals surface area contributed by atoms with E-state index in [1.807, 2.05) is 36.4 Å². The van der Waals surface area contributed by atoms with Gasteiger partial charge in [-0.05, 0) is 32.3 Å². The van der Waals surface area contributed by atoms with Gasteiger partial charge in [0.1, 0.15) is 5.75 Å². The number of benzene rings is 2. The molecule has 0 aliphatic carbocycles. The Bertz CT molecular complexity index is 845. The summed E-state index contributed by atoms with van der Waals surface area (Å²) in [7, 11) is 7.56. The number of fused-ring (bicyclic) bond motifs is 1. The molecule has 8 heteroatoms. The van der Waals surface area contributed by atoms with Gasteiger partial charge in [0.05, 0.1) is 26.4 Å². The van der Waals surface area contributed by atoms with Crippen molar-refractivity contribution in [2.45, 2.75) is 12.5 Å². The molecule has 1 unspecified atom stereocenters. The normalized spacial score (nSPS) is 14.4. The fraction of sp³-hybridized carbons (Fsp3) is 0.409. The van der Waals surface area contributed by atoms with Crippen LogP contribution < -0.4 is 24.8 Å². The van der Waals surface area contributed by atoms with E-state index in [-0.39, 0.29) is 30.0 Å². The number of nitrogens with zero attached hydrogens (tertiary/aromatic N) is 2. The average molecular weight is 526 g/mol. The SMILES string of the molecule is CN=C(NCC(c1ccccc1OC)N(C)C)Nc1ccc2c(c1)OCCCO2.I. The van der Waals surface area contributed by atoms with Crippen LogP contribution in [0.4, 0.5) is 5.69 Å². The number of nitrogens with one attached hydrogen (secondary N) is 2. The van der Waals surface area contributed by atoms with Crippen molar-refractivity contribution in [3.63, 3.8) is 0 Å². The lowest BCUT2D eigenvalue weighted by Crippen LogP contribution is -2.38. The van der Waals surface area contributed by atoms with Crippen LogP contribution in [0.2, 0.25) is 0 Å². The van der Waals surface area contributed by atoms with Crippen molar-refractivity contribution >= 4 is 35.6 Å². The Morgan fingerprint density at radius 1 is 1.13 bits per heavy atom. The van der Waals surface area contributed by atoms with E-state index in [1.54, 1.807) is 14.2 Å². The van der Waals surface area contributed by atoms with Crippen molar-refractivity contribution in [1.82, 2.24) is 10.2 Å². The second-order valence-electron chi connectivity index (χ2n) is 7.01. The van der Waals surface area contributed by atoms with Gasteiger partial charge in [-0.1, -0.05) is 18.2 Å². The highest BCUT2D eigenvalue weighted by atomic mass is 127. The fourth-order valence-corrected chi connectivity index (χ4v) is 3.26. The highest BCUT2D eigenvalue weighted by Gasteiger charge is 2.19. The summed E-state index contributed by atoms with van der Waals surface area (Å²) >= 11 is 0. The highest BCUT2D eigenvalue weighted by molar-refractivity contribution is 14.0. The summed E-state index contributed by atoms with van der Waals surface area (Å²) in [5.41, 5.74) is 2.01. The lowest BCUT2D eigenvalue weighted by Gasteiger charge is -2.27. The molecule has 2 aromatic rings. The van der Waals surface area contributed by atoms with Crippen LogP contribution in [-0.2, 0) is 0 Å². The Hall–Kier alpha value is -2.20. The van der Waals surface area contributed by atoms with Crippen LogP contribution >= 0.6 is 24.0 Å². The van der Waals surface area contributed by atoms with Crippen molar-refractivity contribution < 1.29 is 14.2 Å². The number of rotatable bonds is 6. The Labute approximate surface area is 195 Å². The first kappa shape index (κ1) is 24.1. The number of hydrogen-bond donors (Lipinski definition) is 2. The van der Waals surface area contributed by atoms with E-state index in [0.717, 1.165) is 34.9 Å². The number of para-hydroxylation sites is 1. The second-order valence-corrected chi connectivity index (χ2v) is 7.01. The second kappa shape index (κ2) is 11.8. The largest absolute Gasteiger partial charge is 0.496 e. The Kier molecular flexibility index (Phi) is 9.51. The molecule has 1 aliphatic rings. The predicted molar refractivity (Wildman–Crippen MR) is 132 cm³/mol. The Balaban J connectivity index is 0.00000320. The quantitative estimate of drug-likeness (QED) is 0.340. The minimum absolute atomic E-state index is 0. The molecule has 1 heterocycles. The van der Waals surface area contributed by atoms with Gasteiger partial charge in [0.15, 0.2) is 17.5 Å². The number of methoxy groups -OCH3 is 1. The zero-order valence-corrected chi connectivity index (χ0v) is 20.3. The topological polar surface area (TPSA) is 67.4 Å². The molecule has 0 bridgehead atoms. The predicted octanol–water partition coefficient (Wildman–Crippen LogP) is 3.76. The van der Waals surface area contributed by atoms with Crippen molar-refractivity contribution in [3.05, 3.63) is 48.0 Å². The number of anilines is 1. The molecule has 1 atom stereocenters. The number of halogens is 1. The third kappa shape index (κ3) is 6.15. The third-order valence-corrected chi connectivity index (χ3v) is 4.82. The van der Waals surface area contributed by atoms with Gasteiger partial charge in [0.25, 0.3) is 0 Å². The third-order valence-electron chi connectivity index (χ3n) is 4.82. The highest BCUT2D eigenvalue weighted by Crippen LogP contribution is 2.32. The maximum atomic E-state index is 5.77. The lowest BCUT2D eigenvalue weighted by molar-refractivity contribution is 0.288. The van der Waals surface area contributed by atoms with Crippen molar-refractivity contribution in [3.8, 4) is 17.2 Å². The molecule has 0 radical (unpaired) electrons. The smallest absolute Gasteiger partial charge is 0.195 e. The van der Waals surface area contributed by atoms with Gasteiger partial charge in [-0.25, -0.2) is 0 Å². The van der Waals surface area contributed by atoms with Gasteiger partial charge in [-0.3, -0.25) is 4.99 Å². The molecular weight excluding hydrogens is 495 g/mol. The van der Waals surface area contributed by atoms with Gasteiger partial charge >= 0.3 is 0 Å². The van der Waals surface area contributed by atoms with Crippen molar-refractivity contribution in [1.29, 1.82) is 0 Å². The maximum Gasteiger partial charge on any atom is 0.195 e. The summed E-state index contributed by atoms with van der Waals surface area (Å²) in [5, 5.41) is 6.74. The maximum absolute atomic E-state index is 5.77. The minimum atomic E-state index is 0. The first-order chi connectivity index (χ1) is 14.1. The molecule has 0 fully saturated rings. The molecule has 2 N–H and O–H groups in total. The Morgan fingerprint density at radius 2 is 1.87 bits per heavy atom. The zero-order chi connectivity index (χ0) is 20.6. The summed E-state index contributed by atoms with van der Waals surface area (Å²) in [6.07, 6.45) is 0.884. The number of aliphatic imine (C=N–C) groups is 1. The van der Waals surface area contributed by atoms with Gasteiger partial charge in [-0.2, -0.15) is 0 Å². The monoisotopic (exact) mass is 526 g/mol. The number of hydrogen-bond acceptors (Lipinski definition) is 5. The van der Waals surface area contributed by atoms with Gasteiger partial charge in [0, 0.05) is 37.3 Å². The molecule has 1 aliphatic heterocycles. The summed E-state index contributed by atoms with van der Waals surface area (Å²) in [6.45, 7) is 2.00. The van der Waals surface area contributed by atoms with Gasteiger partial charge in [-0.15, -0.1) is 24.0 Å². The molecule has 30 heavy (non-hydrogen) atoms. The van der Waals surface area contributed by atoms with E-state index in [4.69, 9.17) is 14.2 Å². The summed E-state index contributed by atoms with van der Waals surface area (Å²) in [6, 6.07) is 14.0. The fourth-order valence-electron chi connectivity index (χ4n) is 3.26. The number of ether oxygens (including phenoxy) is 3. The van der Waals surface area contributed by atoms with Crippen LogP contribution in [0.5, 0.6) is 17.2 Å². The molecule has 0 spiro atoms. The van der Waals surface area contributed by atoms with E-state index in [2.05, 4.69) is 40.7 Å². The lowest BCUT2D eigenvalue weighted by atomic mass is 10.0. The molecule has 3 rings (SSSR count). The standard InChI is InChI=1S/C22H30N4O3.HI/c1-23-22(25-16-10-11-20-21(14-16)29-13-7-12-28-20)24-15-18(26(2)3)17-8-5-6-9-19(17)27-4;/h5-6,8-11,14,18H,7,12-13,15H2,1-4H3,(H2,23,24,25);1H. The number of guanidine groups is 1. The van der Waals surface area contributed by atoms with Crippen LogP contribution in [0, 0.1) is 0 Å². The zero-order valence-electron chi connectivity index (χ0n) is 18.0. The van der Waals surface area contributed by atoms with Crippen LogP contribution in [0.3, 0.4) is 0 Å². The van der Waals surface area contributed by atoms with E-state index in [9.17, 15) is 0 Å². The molecular formula is C22H31IN4O3. The van der Waals surface area contributed by atoms with Crippen LogP contribution in [0.1, 0.15) is 18.0 Å². The van der Waals surface area contributed by atoms with Crippen LogP contribution in [-0.4, -0.2) is 58.9 Å². The first-order valence-electron chi connectivity index (χ1n) is 9.79. The molecule has 0 saturated heterocycles. The van der Waals surface area contributed by atoms with Gasteiger partial charge in [0.2, 0.25) is 0 Å².